The van der Waals surface area contributed by atoms with Crippen LogP contribution in [0.1, 0.15) is 36.8 Å². The zero-order valence-corrected chi connectivity index (χ0v) is 19.1. The van der Waals surface area contributed by atoms with E-state index in [2.05, 4.69) is 10.4 Å². The molecule has 1 heterocycles. The molecule has 0 saturated carbocycles. The van der Waals surface area contributed by atoms with Gasteiger partial charge in [0, 0.05) is 20.3 Å². The van der Waals surface area contributed by atoms with Crippen LogP contribution < -0.4 is 14.8 Å². The maximum Gasteiger partial charge on any atom is 0.241 e. The van der Waals surface area contributed by atoms with Crippen molar-refractivity contribution in [2.24, 2.45) is 5.10 Å². The Morgan fingerprint density at radius 3 is 2.61 bits per heavy atom. The number of rotatable bonds is 7. The number of carbonyl (C=O) groups excluding carboxylic acids is 2. The van der Waals surface area contributed by atoms with Crippen LogP contribution in [0, 0.1) is 6.92 Å². The van der Waals surface area contributed by atoms with Gasteiger partial charge in [0.1, 0.15) is 16.9 Å². The highest BCUT2D eigenvalue weighted by Crippen LogP contribution is 2.40. The van der Waals surface area contributed by atoms with Crippen LogP contribution in [-0.4, -0.2) is 35.2 Å². The number of halogens is 1. The van der Waals surface area contributed by atoms with Gasteiger partial charge in [0.15, 0.2) is 5.17 Å². The number of amides is 2. The first-order valence-corrected chi connectivity index (χ1v) is 11.0. The molecule has 0 aliphatic carbocycles. The molecule has 31 heavy (non-hydrogen) atoms. The minimum absolute atomic E-state index is 0.233. The van der Waals surface area contributed by atoms with E-state index in [9.17, 15) is 9.59 Å². The van der Waals surface area contributed by atoms with Gasteiger partial charge < -0.3 is 14.8 Å². The number of nitrogens with zero attached hydrogens (tertiary/aromatic N) is 2. The van der Waals surface area contributed by atoms with Crippen molar-refractivity contribution in [3.63, 3.8) is 0 Å². The van der Waals surface area contributed by atoms with E-state index in [1.807, 2.05) is 37.3 Å². The zero-order chi connectivity index (χ0) is 22.4. The second-order valence-corrected chi connectivity index (χ2v) is 8.45. The van der Waals surface area contributed by atoms with Crippen LogP contribution in [0.5, 0.6) is 11.5 Å². The summed E-state index contributed by atoms with van der Waals surface area (Å²) in [6.07, 6.45) is 0.705. The Hall–Kier alpha value is -2.71. The number of thioether (sulfide) groups is 1. The molecule has 0 fully saturated rings. The molecule has 2 amide bonds. The van der Waals surface area contributed by atoms with Crippen molar-refractivity contribution in [3.8, 4) is 11.5 Å². The van der Waals surface area contributed by atoms with Gasteiger partial charge in [-0.15, -0.1) is 5.10 Å². The van der Waals surface area contributed by atoms with Crippen LogP contribution >= 0.6 is 23.4 Å². The van der Waals surface area contributed by atoms with Crippen molar-refractivity contribution >= 4 is 40.3 Å². The van der Waals surface area contributed by atoms with Crippen LogP contribution in [0.25, 0.3) is 0 Å². The van der Waals surface area contributed by atoms with Gasteiger partial charge in [0.25, 0.3) is 0 Å². The van der Waals surface area contributed by atoms with Gasteiger partial charge in [0.2, 0.25) is 11.8 Å². The third-order valence-electron chi connectivity index (χ3n) is 4.30. The van der Waals surface area contributed by atoms with E-state index in [0.717, 1.165) is 16.9 Å². The minimum Gasteiger partial charge on any atom is -0.493 e. The largest absolute Gasteiger partial charge is 0.493 e. The third kappa shape index (κ3) is 6.38. The van der Waals surface area contributed by atoms with Crippen molar-refractivity contribution < 1.29 is 19.1 Å². The van der Waals surface area contributed by atoms with E-state index >= 15 is 0 Å². The van der Waals surface area contributed by atoms with Crippen LogP contribution in [0.15, 0.2) is 47.6 Å². The summed E-state index contributed by atoms with van der Waals surface area (Å²) in [7, 11) is 0. The number of benzene rings is 2. The highest BCUT2D eigenvalue weighted by atomic mass is 35.5. The smallest absolute Gasteiger partial charge is 0.241 e. The van der Waals surface area contributed by atoms with E-state index in [1.54, 1.807) is 12.1 Å². The van der Waals surface area contributed by atoms with Gasteiger partial charge in [0.05, 0.1) is 18.2 Å². The van der Waals surface area contributed by atoms with E-state index < -0.39 is 5.37 Å². The summed E-state index contributed by atoms with van der Waals surface area (Å²) in [5.41, 5.74) is 1.93. The maximum atomic E-state index is 12.0. The number of hydrogen-bond acceptors (Lipinski definition) is 6. The molecule has 1 atom stereocenters. The summed E-state index contributed by atoms with van der Waals surface area (Å²) in [5, 5.41) is 8.53. The molecule has 1 N–H and O–H groups in total. The van der Waals surface area contributed by atoms with Crippen LogP contribution in [-0.2, 0) is 9.59 Å². The fourth-order valence-corrected chi connectivity index (χ4v) is 4.27. The molecule has 1 aliphatic rings. The number of hydrazone groups is 1. The Labute approximate surface area is 190 Å². The highest BCUT2D eigenvalue weighted by Gasteiger charge is 2.32. The lowest BCUT2D eigenvalue weighted by atomic mass is 10.2. The van der Waals surface area contributed by atoms with Crippen molar-refractivity contribution in [1.29, 1.82) is 0 Å². The molecule has 0 unspecified atom stereocenters. The molecule has 9 heteroatoms. The summed E-state index contributed by atoms with van der Waals surface area (Å²) in [6.45, 7) is 5.83. The second kappa shape index (κ2) is 10.5. The number of aryl methyl sites for hydroxylation is 1. The average molecular weight is 462 g/mol. The zero-order valence-electron chi connectivity index (χ0n) is 17.6. The number of amidine groups is 1. The first kappa shape index (κ1) is 23.0. The number of hydrogen-bond donors (Lipinski definition) is 1. The van der Waals surface area contributed by atoms with Gasteiger partial charge in [-0.25, -0.2) is 5.01 Å². The predicted octanol–water partition coefficient (Wildman–Crippen LogP) is 4.50. The molecule has 2 aromatic rings. The summed E-state index contributed by atoms with van der Waals surface area (Å²) < 4.78 is 11.5. The van der Waals surface area contributed by atoms with Gasteiger partial charge in [-0.2, -0.15) is 0 Å². The first-order valence-electron chi connectivity index (χ1n) is 9.78. The molecule has 0 bridgehead atoms. The van der Waals surface area contributed by atoms with Crippen molar-refractivity contribution in [2.75, 3.05) is 13.2 Å². The number of nitrogens with one attached hydrogen (secondary N) is 1. The molecular weight excluding hydrogens is 438 g/mol. The van der Waals surface area contributed by atoms with Crippen LogP contribution in [0.3, 0.4) is 0 Å². The fraction of sp³-hybridized carbons (Fsp3) is 0.318. The maximum absolute atomic E-state index is 12.0. The molecule has 0 saturated heterocycles. The van der Waals surface area contributed by atoms with E-state index in [-0.39, 0.29) is 11.8 Å². The molecule has 0 radical (unpaired) electrons. The molecule has 0 aromatic heterocycles. The van der Waals surface area contributed by atoms with Gasteiger partial charge in [-0.1, -0.05) is 41.6 Å². The van der Waals surface area contributed by atoms with E-state index in [0.29, 0.717) is 35.6 Å². The molecule has 7 nitrogen and oxygen atoms in total. The highest BCUT2D eigenvalue weighted by molar-refractivity contribution is 8.14. The average Bonchev–Trinajstić information content (AvgIpc) is 3.12. The second-order valence-electron chi connectivity index (χ2n) is 6.98. The minimum atomic E-state index is -0.409. The normalized spacial score (nSPS) is 15.4. The van der Waals surface area contributed by atoms with Crippen LogP contribution in [0.4, 0.5) is 0 Å². The fourth-order valence-electron chi connectivity index (χ4n) is 2.90. The standard InChI is InChI=1S/C22H24ClN3O4S/c1-14-6-4-7-18(12-14)29-10-5-11-30-20-9-8-17(13-19(20)23)21-26(16(3)28)25-22(31-21)24-15(2)27/h4,6-9,12-13,21H,5,10-11H2,1-3H3,(H,24,25,27)/t21-/m1/s1. The van der Waals surface area contributed by atoms with Crippen molar-refractivity contribution in [2.45, 2.75) is 32.6 Å². The molecule has 3 rings (SSSR count). The molecule has 0 spiro atoms. The SMILES string of the molecule is CC(=O)NC1=NN(C(C)=O)[C@@H](c2ccc(OCCCOc3cccc(C)c3)c(Cl)c2)S1. The Morgan fingerprint density at radius 1 is 1.16 bits per heavy atom. The molecular formula is C22H24ClN3O4S. The van der Waals surface area contributed by atoms with E-state index in [4.69, 9.17) is 21.1 Å². The molecule has 1 aliphatic heterocycles. The lowest BCUT2D eigenvalue weighted by Gasteiger charge is -2.20. The van der Waals surface area contributed by atoms with Crippen molar-refractivity contribution in [1.82, 2.24) is 10.3 Å². The molecule has 2 aromatic carbocycles. The van der Waals surface area contributed by atoms with Gasteiger partial charge in [-0.3, -0.25) is 9.59 Å². The van der Waals surface area contributed by atoms with Gasteiger partial charge in [-0.05, 0) is 42.3 Å². The Balaban J connectivity index is 1.54. The Kier molecular flexibility index (Phi) is 7.81. The summed E-state index contributed by atoms with van der Waals surface area (Å²) in [5.74, 6) is 0.917. The first-order chi connectivity index (χ1) is 14.8. The Bertz CT molecular complexity index is 998. The lowest BCUT2D eigenvalue weighted by Crippen LogP contribution is -2.25. The summed E-state index contributed by atoms with van der Waals surface area (Å²) >= 11 is 7.68. The van der Waals surface area contributed by atoms with Crippen LogP contribution in [0.2, 0.25) is 5.02 Å². The predicted molar refractivity (Wildman–Crippen MR) is 122 cm³/mol. The van der Waals surface area contributed by atoms with Crippen molar-refractivity contribution in [3.05, 3.63) is 58.6 Å². The lowest BCUT2D eigenvalue weighted by molar-refractivity contribution is -0.129. The van der Waals surface area contributed by atoms with E-state index in [1.165, 1.54) is 30.6 Å². The number of ether oxygens (including phenoxy) is 2. The summed E-state index contributed by atoms with van der Waals surface area (Å²) in [4.78, 5) is 23.3. The number of carbonyl (C=O) groups is 2. The summed E-state index contributed by atoms with van der Waals surface area (Å²) in [6, 6.07) is 13.3. The topological polar surface area (TPSA) is 80.2 Å². The third-order valence-corrected chi connectivity index (χ3v) is 5.69. The Morgan fingerprint density at radius 2 is 1.94 bits per heavy atom. The van der Waals surface area contributed by atoms with Gasteiger partial charge >= 0.3 is 0 Å². The monoisotopic (exact) mass is 461 g/mol. The molecule has 164 valence electrons. The quantitative estimate of drug-likeness (QED) is 0.614.